The number of nitrogens with zero attached hydrogens (tertiary/aromatic N) is 3. The van der Waals surface area contributed by atoms with E-state index in [2.05, 4.69) is 44.9 Å². The number of hydrogen-bond acceptors (Lipinski definition) is 4. The molecular weight excluding hydrogens is 228 g/mol. The Balaban J connectivity index is 2.37. The van der Waals surface area contributed by atoms with Crippen molar-refractivity contribution in [2.24, 2.45) is 0 Å². The molecule has 1 aliphatic rings. The van der Waals surface area contributed by atoms with Crippen molar-refractivity contribution >= 4 is 5.82 Å². The topological polar surface area (TPSA) is 66.0 Å². The maximum absolute atomic E-state index is 6.12. The summed E-state index contributed by atoms with van der Waals surface area (Å²) in [5, 5.41) is 8.27. The SMILES string of the molecule is CCCc1c(N)nnn1C1CC(C)(C)OC1(C)C. The zero-order chi connectivity index (χ0) is 13.6. The highest BCUT2D eigenvalue weighted by Crippen LogP contribution is 2.45. The minimum Gasteiger partial charge on any atom is -0.381 e. The van der Waals surface area contributed by atoms with Crippen LogP contribution in [-0.4, -0.2) is 26.2 Å². The Morgan fingerprint density at radius 2 is 2.06 bits per heavy atom. The van der Waals surface area contributed by atoms with Gasteiger partial charge in [-0.2, -0.15) is 0 Å². The molecule has 1 saturated heterocycles. The number of anilines is 1. The lowest BCUT2D eigenvalue weighted by Crippen LogP contribution is -2.32. The first-order valence-corrected chi connectivity index (χ1v) is 6.66. The van der Waals surface area contributed by atoms with Crippen molar-refractivity contribution in [3.63, 3.8) is 0 Å². The van der Waals surface area contributed by atoms with Gasteiger partial charge >= 0.3 is 0 Å². The molecular formula is C13H24N4O. The van der Waals surface area contributed by atoms with Crippen LogP contribution < -0.4 is 5.73 Å². The molecule has 102 valence electrons. The van der Waals surface area contributed by atoms with E-state index in [1.54, 1.807) is 0 Å². The Morgan fingerprint density at radius 1 is 1.39 bits per heavy atom. The molecule has 1 fully saturated rings. The minimum absolute atomic E-state index is 0.127. The molecule has 0 aromatic carbocycles. The summed E-state index contributed by atoms with van der Waals surface area (Å²) in [6, 6.07) is 0.193. The summed E-state index contributed by atoms with van der Waals surface area (Å²) in [6.07, 6.45) is 2.88. The van der Waals surface area contributed by atoms with Gasteiger partial charge in [0, 0.05) is 6.42 Å². The van der Waals surface area contributed by atoms with Crippen LogP contribution in [-0.2, 0) is 11.2 Å². The Labute approximate surface area is 109 Å². The van der Waals surface area contributed by atoms with Crippen LogP contribution in [0.5, 0.6) is 0 Å². The Hall–Kier alpha value is -1.10. The fourth-order valence-corrected chi connectivity index (χ4v) is 2.97. The van der Waals surface area contributed by atoms with Gasteiger partial charge in [0.25, 0.3) is 0 Å². The van der Waals surface area contributed by atoms with E-state index >= 15 is 0 Å². The fraction of sp³-hybridized carbons (Fsp3) is 0.846. The second kappa shape index (κ2) is 4.23. The van der Waals surface area contributed by atoms with Crippen LogP contribution in [0.15, 0.2) is 0 Å². The van der Waals surface area contributed by atoms with Crippen LogP contribution >= 0.6 is 0 Å². The third kappa shape index (κ3) is 2.23. The molecule has 1 aliphatic heterocycles. The molecule has 0 saturated carbocycles. The van der Waals surface area contributed by atoms with Crippen LogP contribution in [0.2, 0.25) is 0 Å². The van der Waals surface area contributed by atoms with Gasteiger partial charge in [0.2, 0.25) is 0 Å². The highest BCUT2D eigenvalue weighted by Gasteiger charge is 2.48. The highest BCUT2D eigenvalue weighted by atomic mass is 16.5. The molecule has 2 rings (SSSR count). The molecule has 0 spiro atoms. The van der Waals surface area contributed by atoms with E-state index in [1.807, 2.05) is 4.68 Å². The van der Waals surface area contributed by atoms with Crippen LogP contribution in [0.4, 0.5) is 5.82 Å². The van der Waals surface area contributed by atoms with E-state index in [1.165, 1.54) is 0 Å². The Kier molecular flexibility index (Phi) is 3.13. The quantitative estimate of drug-likeness (QED) is 0.896. The number of nitrogen functional groups attached to an aromatic ring is 1. The monoisotopic (exact) mass is 252 g/mol. The van der Waals surface area contributed by atoms with Gasteiger partial charge in [-0.1, -0.05) is 18.6 Å². The molecule has 5 heteroatoms. The summed E-state index contributed by atoms with van der Waals surface area (Å²) in [5.74, 6) is 0.553. The minimum atomic E-state index is -0.244. The summed E-state index contributed by atoms with van der Waals surface area (Å²) in [7, 11) is 0. The number of ether oxygens (including phenoxy) is 1. The number of aromatic nitrogens is 3. The third-order valence-corrected chi connectivity index (χ3v) is 3.63. The van der Waals surface area contributed by atoms with Crippen LogP contribution in [0.1, 0.15) is 59.2 Å². The predicted molar refractivity (Wildman–Crippen MR) is 71.3 cm³/mol. The van der Waals surface area contributed by atoms with Crippen molar-refractivity contribution in [3.05, 3.63) is 5.69 Å². The van der Waals surface area contributed by atoms with Crippen LogP contribution in [0.3, 0.4) is 0 Å². The van der Waals surface area contributed by atoms with E-state index in [9.17, 15) is 0 Å². The van der Waals surface area contributed by atoms with Gasteiger partial charge in [-0.3, -0.25) is 0 Å². The van der Waals surface area contributed by atoms with Gasteiger partial charge < -0.3 is 10.5 Å². The second-order valence-electron chi connectivity index (χ2n) is 6.30. The normalized spacial score (nSPS) is 25.5. The van der Waals surface area contributed by atoms with Gasteiger partial charge in [0.1, 0.15) is 0 Å². The van der Waals surface area contributed by atoms with Crippen molar-refractivity contribution in [3.8, 4) is 0 Å². The van der Waals surface area contributed by atoms with E-state index in [0.29, 0.717) is 5.82 Å². The summed E-state index contributed by atoms with van der Waals surface area (Å²) < 4.78 is 8.10. The molecule has 1 unspecified atom stereocenters. The molecule has 5 nitrogen and oxygen atoms in total. The maximum atomic E-state index is 6.12. The molecule has 1 atom stereocenters. The molecule has 1 aromatic rings. The smallest absolute Gasteiger partial charge is 0.169 e. The first-order chi connectivity index (χ1) is 8.27. The van der Waals surface area contributed by atoms with Gasteiger partial charge in [0.05, 0.1) is 22.9 Å². The zero-order valence-corrected chi connectivity index (χ0v) is 12.0. The summed E-state index contributed by atoms with van der Waals surface area (Å²) in [6.45, 7) is 10.6. The molecule has 1 aromatic heterocycles. The average Bonchev–Trinajstić information content (AvgIpc) is 2.66. The van der Waals surface area contributed by atoms with Gasteiger partial charge in [-0.25, -0.2) is 4.68 Å². The van der Waals surface area contributed by atoms with Gasteiger partial charge in [-0.15, -0.1) is 5.10 Å². The van der Waals surface area contributed by atoms with Crippen molar-refractivity contribution in [2.45, 2.75) is 71.1 Å². The lowest BCUT2D eigenvalue weighted by Gasteiger charge is -2.27. The van der Waals surface area contributed by atoms with E-state index in [-0.39, 0.29) is 17.2 Å². The largest absolute Gasteiger partial charge is 0.381 e. The highest BCUT2D eigenvalue weighted by molar-refractivity contribution is 5.33. The summed E-state index contributed by atoms with van der Waals surface area (Å²) >= 11 is 0. The predicted octanol–water partition coefficient (Wildman–Crippen LogP) is 2.33. The van der Waals surface area contributed by atoms with E-state index < -0.39 is 0 Å². The molecule has 2 heterocycles. The van der Waals surface area contributed by atoms with Gasteiger partial charge in [-0.05, 0) is 34.1 Å². The summed E-state index contributed by atoms with van der Waals surface area (Å²) in [4.78, 5) is 0. The molecule has 0 amide bonds. The molecule has 0 aliphatic carbocycles. The van der Waals surface area contributed by atoms with E-state index in [4.69, 9.17) is 10.5 Å². The van der Waals surface area contributed by atoms with Crippen LogP contribution in [0.25, 0.3) is 0 Å². The number of rotatable bonds is 3. The summed E-state index contributed by atoms with van der Waals surface area (Å²) in [5.41, 5.74) is 6.58. The maximum Gasteiger partial charge on any atom is 0.169 e. The lowest BCUT2D eigenvalue weighted by molar-refractivity contribution is -0.0740. The third-order valence-electron chi connectivity index (χ3n) is 3.63. The standard InChI is InChI=1S/C13H24N4O/c1-6-7-9-11(14)15-16-17(9)10-8-12(2,3)18-13(10,4)5/h10H,6-8,14H2,1-5H3. The first-order valence-electron chi connectivity index (χ1n) is 6.66. The van der Waals surface area contributed by atoms with E-state index in [0.717, 1.165) is 25.0 Å². The van der Waals surface area contributed by atoms with Crippen molar-refractivity contribution in [1.29, 1.82) is 0 Å². The molecule has 18 heavy (non-hydrogen) atoms. The molecule has 2 N–H and O–H groups in total. The fourth-order valence-electron chi connectivity index (χ4n) is 2.97. The zero-order valence-electron chi connectivity index (χ0n) is 12.0. The second-order valence-corrected chi connectivity index (χ2v) is 6.30. The lowest BCUT2D eigenvalue weighted by atomic mass is 9.94. The Morgan fingerprint density at radius 3 is 2.56 bits per heavy atom. The average molecular weight is 252 g/mol. The number of nitrogens with two attached hydrogens (primary N) is 1. The number of hydrogen-bond donors (Lipinski definition) is 1. The van der Waals surface area contributed by atoms with Gasteiger partial charge in [0.15, 0.2) is 5.82 Å². The molecule has 0 radical (unpaired) electrons. The van der Waals surface area contributed by atoms with Crippen molar-refractivity contribution in [1.82, 2.24) is 15.0 Å². The molecule has 0 bridgehead atoms. The van der Waals surface area contributed by atoms with Crippen molar-refractivity contribution < 1.29 is 4.74 Å². The van der Waals surface area contributed by atoms with Crippen molar-refractivity contribution in [2.75, 3.05) is 5.73 Å². The first kappa shape index (κ1) is 13.3. The van der Waals surface area contributed by atoms with Crippen LogP contribution in [0, 0.1) is 0 Å². The Bertz CT molecular complexity index is 436.